The van der Waals surface area contributed by atoms with Gasteiger partial charge in [0.15, 0.2) is 0 Å². The molecule has 1 heterocycles. The number of ether oxygens (including phenoxy) is 2. The lowest BCUT2D eigenvalue weighted by atomic mass is 10.0. The Hall–Kier alpha value is -3.43. The molecule has 1 aliphatic heterocycles. The molecule has 0 aromatic heterocycles. The van der Waals surface area contributed by atoms with Crippen molar-refractivity contribution in [2.75, 3.05) is 59.8 Å². The first-order valence-electron chi connectivity index (χ1n) is 12.5. The van der Waals surface area contributed by atoms with Crippen molar-refractivity contribution in [3.8, 4) is 5.75 Å². The highest BCUT2D eigenvalue weighted by molar-refractivity contribution is 6.05. The van der Waals surface area contributed by atoms with E-state index in [4.69, 9.17) is 9.47 Å². The summed E-state index contributed by atoms with van der Waals surface area (Å²) in [6, 6.07) is 13.7. The number of carbonyl (C=O) groups excluding carboxylic acids is 3. The smallest absolute Gasteiger partial charge is 0.257 e. The zero-order valence-corrected chi connectivity index (χ0v) is 22.6. The van der Waals surface area contributed by atoms with Crippen LogP contribution in [0.4, 0.5) is 5.69 Å². The van der Waals surface area contributed by atoms with Gasteiger partial charge < -0.3 is 29.5 Å². The number of benzene rings is 2. The molecule has 200 valence electrons. The third-order valence-electron chi connectivity index (χ3n) is 6.51. The van der Waals surface area contributed by atoms with Crippen molar-refractivity contribution in [1.29, 1.82) is 0 Å². The van der Waals surface area contributed by atoms with Gasteiger partial charge in [-0.05, 0) is 51.4 Å². The number of hydrogen-bond donors (Lipinski definition) is 1. The summed E-state index contributed by atoms with van der Waals surface area (Å²) in [6.45, 7) is 5.27. The highest BCUT2D eigenvalue weighted by Crippen LogP contribution is 2.27. The van der Waals surface area contributed by atoms with Crippen molar-refractivity contribution in [2.24, 2.45) is 5.92 Å². The van der Waals surface area contributed by atoms with Crippen molar-refractivity contribution >= 4 is 23.4 Å². The van der Waals surface area contributed by atoms with Crippen molar-refractivity contribution < 1.29 is 23.9 Å². The van der Waals surface area contributed by atoms with E-state index in [0.717, 1.165) is 0 Å². The maximum atomic E-state index is 13.5. The molecule has 1 N–H and O–H groups in total. The lowest BCUT2D eigenvalue weighted by Gasteiger charge is -2.36. The second-order valence-corrected chi connectivity index (χ2v) is 9.91. The fraction of sp³-hybridized carbons (Fsp3) is 0.464. The van der Waals surface area contributed by atoms with Crippen LogP contribution in [0.1, 0.15) is 34.6 Å². The van der Waals surface area contributed by atoms with Gasteiger partial charge in [0.2, 0.25) is 5.91 Å². The first-order chi connectivity index (χ1) is 17.6. The van der Waals surface area contributed by atoms with Crippen LogP contribution in [0.5, 0.6) is 5.75 Å². The molecule has 9 nitrogen and oxygen atoms in total. The molecule has 0 saturated carbocycles. The molecule has 0 radical (unpaired) electrons. The van der Waals surface area contributed by atoms with Gasteiger partial charge in [-0.2, -0.15) is 0 Å². The van der Waals surface area contributed by atoms with Crippen LogP contribution in [0.15, 0.2) is 48.5 Å². The number of anilines is 1. The van der Waals surface area contributed by atoms with Gasteiger partial charge in [-0.1, -0.05) is 25.1 Å². The van der Waals surface area contributed by atoms with E-state index in [1.807, 2.05) is 43.8 Å². The van der Waals surface area contributed by atoms with Gasteiger partial charge in [0.05, 0.1) is 24.3 Å². The Kier molecular flexibility index (Phi) is 9.66. The number of hydrogen-bond acceptors (Lipinski definition) is 6. The van der Waals surface area contributed by atoms with E-state index >= 15 is 0 Å². The highest BCUT2D eigenvalue weighted by atomic mass is 16.5. The SMILES string of the molecule is CO[C@H]1CN(C)C(=O)c2cc(NC(=O)c3ccccc3)ccc2OC[C@H](C)N(C(=O)CN(C)C)C[C@@H]1C. The van der Waals surface area contributed by atoms with Crippen LogP contribution >= 0.6 is 0 Å². The number of nitrogens with one attached hydrogen (secondary N) is 1. The molecule has 0 aliphatic carbocycles. The van der Waals surface area contributed by atoms with Gasteiger partial charge in [-0.15, -0.1) is 0 Å². The van der Waals surface area contributed by atoms with Gasteiger partial charge in [-0.25, -0.2) is 0 Å². The van der Waals surface area contributed by atoms with Gasteiger partial charge >= 0.3 is 0 Å². The molecule has 3 rings (SSSR count). The summed E-state index contributed by atoms with van der Waals surface area (Å²) < 4.78 is 11.9. The molecule has 0 fully saturated rings. The molecule has 3 atom stereocenters. The number of nitrogens with zero attached hydrogens (tertiary/aromatic N) is 3. The molecule has 3 amide bonds. The summed E-state index contributed by atoms with van der Waals surface area (Å²) in [6.07, 6.45) is -0.277. The molecule has 37 heavy (non-hydrogen) atoms. The van der Waals surface area contributed by atoms with Crippen LogP contribution in [-0.2, 0) is 9.53 Å². The third-order valence-corrected chi connectivity index (χ3v) is 6.51. The van der Waals surface area contributed by atoms with E-state index in [1.165, 1.54) is 0 Å². The molecule has 9 heteroatoms. The second-order valence-electron chi connectivity index (χ2n) is 9.91. The topological polar surface area (TPSA) is 91.4 Å². The lowest BCUT2D eigenvalue weighted by molar-refractivity contribution is -0.136. The Bertz CT molecular complexity index is 1090. The first-order valence-corrected chi connectivity index (χ1v) is 12.5. The number of amides is 3. The minimum atomic E-state index is -0.277. The zero-order chi connectivity index (χ0) is 27.1. The maximum absolute atomic E-state index is 13.5. The van der Waals surface area contributed by atoms with Crippen LogP contribution in [0.25, 0.3) is 0 Å². The largest absolute Gasteiger partial charge is 0.491 e. The summed E-state index contributed by atoms with van der Waals surface area (Å²) in [7, 11) is 7.06. The second kappa shape index (κ2) is 12.7. The fourth-order valence-electron chi connectivity index (χ4n) is 4.36. The number of rotatable bonds is 5. The van der Waals surface area contributed by atoms with E-state index in [1.54, 1.807) is 61.5 Å². The van der Waals surface area contributed by atoms with Crippen LogP contribution in [-0.4, -0.2) is 99.1 Å². The molecule has 0 saturated heterocycles. The summed E-state index contributed by atoms with van der Waals surface area (Å²) in [5.74, 6) is -0.141. The average molecular weight is 511 g/mol. The van der Waals surface area contributed by atoms with Crippen LogP contribution in [0.3, 0.4) is 0 Å². The monoisotopic (exact) mass is 510 g/mol. The predicted molar refractivity (Wildman–Crippen MR) is 143 cm³/mol. The summed E-state index contributed by atoms with van der Waals surface area (Å²) in [4.78, 5) is 44.5. The van der Waals surface area contributed by atoms with Crippen molar-refractivity contribution in [1.82, 2.24) is 14.7 Å². The molecular formula is C28H38N4O5. The van der Waals surface area contributed by atoms with Gasteiger partial charge in [0.1, 0.15) is 12.4 Å². The number of methoxy groups -OCH3 is 1. The van der Waals surface area contributed by atoms with Crippen LogP contribution in [0, 0.1) is 5.92 Å². The highest BCUT2D eigenvalue weighted by Gasteiger charge is 2.30. The molecule has 0 bridgehead atoms. The van der Waals surface area contributed by atoms with E-state index in [-0.39, 0.29) is 48.9 Å². The van der Waals surface area contributed by atoms with Crippen molar-refractivity contribution in [2.45, 2.75) is 26.0 Å². The van der Waals surface area contributed by atoms with E-state index in [0.29, 0.717) is 35.7 Å². The van der Waals surface area contributed by atoms with Crippen molar-refractivity contribution in [3.05, 3.63) is 59.7 Å². The molecule has 2 aromatic rings. The number of carbonyl (C=O) groups is 3. The Labute approximate surface area is 219 Å². The Balaban J connectivity index is 1.93. The molecule has 0 unspecified atom stereocenters. The fourth-order valence-corrected chi connectivity index (χ4v) is 4.36. The predicted octanol–water partition coefficient (Wildman–Crippen LogP) is 2.83. The first kappa shape index (κ1) is 28.1. The van der Waals surface area contributed by atoms with Gasteiger partial charge in [0.25, 0.3) is 11.8 Å². The average Bonchev–Trinajstić information content (AvgIpc) is 2.88. The van der Waals surface area contributed by atoms with E-state index < -0.39 is 0 Å². The number of likely N-dealkylation sites (N-methyl/N-ethyl adjacent to an activating group) is 2. The zero-order valence-electron chi connectivity index (χ0n) is 22.6. The Morgan fingerprint density at radius 1 is 1.11 bits per heavy atom. The minimum Gasteiger partial charge on any atom is -0.491 e. The normalized spacial score (nSPS) is 20.9. The molecular weight excluding hydrogens is 472 g/mol. The van der Waals surface area contributed by atoms with Crippen LogP contribution < -0.4 is 10.1 Å². The summed E-state index contributed by atoms with van der Waals surface area (Å²) >= 11 is 0. The Morgan fingerprint density at radius 3 is 2.46 bits per heavy atom. The number of fused-ring (bicyclic) bond motifs is 1. The van der Waals surface area contributed by atoms with Gasteiger partial charge in [0, 0.05) is 44.4 Å². The Morgan fingerprint density at radius 2 is 1.81 bits per heavy atom. The summed E-state index contributed by atoms with van der Waals surface area (Å²) in [5.41, 5.74) is 1.33. The van der Waals surface area contributed by atoms with Crippen molar-refractivity contribution in [3.63, 3.8) is 0 Å². The standard InChI is InChI=1S/C28H38N4O5/c1-19-15-32(26(33)17-30(3)4)20(2)18-37-24-13-12-22(29-27(34)21-10-8-7-9-11-21)14-23(24)28(35)31(5)16-25(19)36-6/h7-14,19-20,25H,15-18H2,1-6H3,(H,29,34)/t19-,20-,25-/m0/s1. The van der Waals surface area contributed by atoms with Gasteiger partial charge in [-0.3, -0.25) is 14.4 Å². The summed E-state index contributed by atoms with van der Waals surface area (Å²) in [5, 5.41) is 2.86. The minimum absolute atomic E-state index is 0.00323. The van der Waals surface area contributed by atoms with Crippen LogP contribution in [0.2, 0.25) is 0 Å². The molecule has 2 aromatic carbocycles. The van der Waals surface area contributed by atoms with E-state index in [9.17, 15) is 14.4 Å². The quantitative estimate of drug-likeness (QED) is 0.665. The molecule has 0 spiro atoms. The maximum Gasteiger partial charge on any atom is 0.257 e. The van der Waals surface area contributed by atoms with E-state index in [2.05, 4.69) is 5.32 Å². The molecule has 1 aliphatic rings. The third kappa shape index (κ3) is 7.30. The lowest BCUT2D eigenvalue weighted by Crippen LogP contribution is -2.50.